The number of carbonyl (C=O) groups is 1. The zero-order chi connectivity index (χ0) is 37.6. The molecular weight excluding hydrogens is 669 g/mol. The highest BCUT2D eigenvalue weighted by Crippen LogP contribution is 2.32. The summed E-state index contributed by atoms with van der Waals surface area (Å²) in [6.45, 7) is 6.60. The summed E-state index contributed by atoms with van der Waals surface area (Å²) in [6, 6.07) is 35.0. The molecule has 7 rings (SSSR count). The van der Waals surface area contributed by atoms with E-state index < -0.39 is 18.2 Å². The van der Waals surface area contributed by atoms with Gasteiger partial charge in [0, 0.05) is 35.1 Å². The molecule has 3 aromatic heterocycles. The summed E-state index contributed by atoms with van der Waals surface area (Å²) in [5.41, 5.74) is 6.58. The fourth-order valence-corrected chi connectivity index (χ4v) is 5.46. The predicted octanol–water partition coefficient (Wildman–Crippen LogP) is 8.97. The molecule has 4 aromatic carbocycles. The van der Waals surface area contributed by atoms with Crippen molar-refractivity contribution in [2.45, 2.75) is 50.8 Å². The molecule has 270 valence electrons. The highest BCUT2D eigenvalue weighted by molar-refractivity contribution is 5.86. The number of carboxylic acids is 1. The third-order valence-electron chi connectivity index (χ3n) is 8.34. The van der Waals surface area contributed by atoms with Gasteiger partial charge in [0.25, 0.3) is 0 Å². The molecular formula is C40H41F3N6O3. The van der Waals surface area contributed by atoms with Gasteiger partial charge in [-0.1, -0.05) is 124 Å². The van der Waals surface area contributed by atoms with Gasteiger partial charge in [0.1, 0.15) is 6.10 Å². The molecule has 2 atom stereocenters. The molecule has 0 bridgehead atoms. The van der Waals surface area contributed by atoms with Crippen LogP contribution in [0, 0.1) is 0 Å². The van der Waals surface area contributed by atoms with Gasteiger partial charge >= 0.3 is 12.1 Å². The highest BCUT2D eigenvalue weighted by Gasteiger charge is 2.38. The second-order valence-corrected chi connectivity index (χ2v) is 12.1. The fourth-order valence-electron chi connectivity index (χ4n) is 5.46. The smallest absolute Gasteiger partial charge is 0.475 e. The van der Waals surface area contributed by atoms with Crippen molar-refractivity contribution < 1.29 is 28.2 Å². The van der Waals surface area contributed by atoms with Crippen LogP contribution in [0.3, 0.4) is 0 Å². The van der Waals surface area contributed by atoms with E-state index in [9.17, 15) is 18.3 Å². The highest BCUT2D eigenvalue weighted by atomic mass is 19.4. The van der Waals surface area contributed by atoms with Crippen LogP contribution in [0.1, 0.15) is 73.0 Å². The molecule has 0 radical (unpaired) electrons. The standard InChI is InChI=1S/C16H16N2.C12H14N2.C10H10N2O.C2HF3O2/c1-2-13(16-10-17-11-18-16)15-9-5-7-12-6-3-4-8-14(12)15;1-12(2,11-8-13-9-14-11)10-6-4-3-5-7-10;13-10(9-6-11-7-12-9)8-4-2-1-3-5-8;3-2(4,5)1(6)7/h3-11,13H,2H2,1H3,(H,17,18);3-9H,1-2H3,(H,13,14);1-7,10,13H,(H,11,12);(H,6,7). The summed E-state index contributed by atoms with van der Waals surface area (Å²) in [6.07, 6.45) is 5.84. The van der Waals surface area contributed by atoms with Crippen molar-refractivity contribution >= 4 is 16.7 Å². The largest absolute Gasteiger partial charge is 0.490 e. The van der Waals surface area contributed by atoms with Crippen molar-refractivity contribution in [3.05, 3.63) is 174 Å². The van der Waals surface area contributed by atoms with E-state index >= 15 is 0 Å². The molecule has 2 unspecified atom stereocenters. The van der Waals surface area contributed by atoms with Crippen LogP contribution in [0.2, 0.25) is 0 Å². The Morgan fingerprint density at radius 2 is 1.23 bits per heavy atom. The zero-order valence-corrected chi connectivity index (χ0v) is 28.9. The molecule has 0 spiro atoms. The Labute approximate surface area is 299 Å². The minimum Gasteiger partial charge on any atom is -0.475 e. The molecule has 7 aromatic rings. The number of imidazole rings is 3. The summed E-state index contributed by atoms with van der Waals surface area (Å²) in [7, 11) is 0. The van der Waals surface area contributed by atoms with E-state index in [0.29, 0.717) is 11.6 Å². The van der Waals surface area contributed by atoms with Crippen molar-refractivity contribution in [1.82, 2.24) is 29.9 Å². The first-order valence-corrected chi connectivity index (χ1v) is 16.4. The number of alkyl halides is 3. The van der Waals surface area contributed by atoms with Crippen LogP contribution in [0.25, 0.3) is 10.8 Å². The Hall–Kier alpha value is -6.01. The Kier molecular flexibility index (Phi) is 13.6. The number of nitrogens with zero attached hydrogens (tertiary/aromatic N) is 3. The van der Waals surface area contributed by atoms with Crippen LogP contribution in [-0.2, 0) is 10.2 Å². The number of aromatic amines is 3. The van der Waals surface area contributed by atoms with Gasteiger partial charge in [-0.3, -0.25) is 0 Å². The van der Waals surface area contributed by atoms with Crippen molar-refractivity contribution in [1.29, 1.82) is 0 Å². The molecule has 52 heavy (non-hydrogen) atoms. The normalized spacial score (nSPS) is 12.2. The lowest BCUT2D eigenvalue weighted by molar-refractivity contribution is -0.192. The summed E-state index contributed by atoms with van der Waals surface area (Å²) in [5, 5.41) is 19.6. The molecule has 0 fully saturated rings. The number of benzene rings is 4. The molecule has 0 amide bonds. The van der Waals surface area contributed by atoms with E-state index in [0.717, 1.165) is 17.7 Å². The quantitative estimate of drug-likeness (QED) is 0.112. The third kappa shape index (κ3) is 10.5. The molecule has 5 N–H and O–H groups in total. The van der Waals surface area contributed by atoms with Crippen LogP contribution in [0.4, 0.5) is 13.2 Å². The molecule has 0 aliphatic heterocycles. The molecule has 0 aliphatic rings. The summed E-state index contributed by atoms with van der Waals surface area (Å²) < 4.78 is 31.7. The molecule has 0 saturated heterocycles. The Bertz CT molecular complexity index is 2030. The number of aliphatic hydroxyl groups is 1. The average Bonchev–Trinajstić information content (AvgIpc) is 3.99. The summed E-state index contributed by atoms with van der Waals surface area (Å²) in [5.74, 6) is -2.37. The van der Waals surface area contributed by atoms with Gasteiger partial charge in [0.15, 0.2) is 0 Å². The Balaban J connectivity index is 0.000000162. The lowest BCUT2D eigenvalue weighted by Crippen LogP contribution is -2.21. The van der Waals surface area contributed by atoms with Crippen LogP contribution in [-0.4, -0.2) is 52.3 Å². The van der Waals surface area contributed by atoms with Crippen LogP contribution in [0.5, 0.6) is 0 Å². The number of nitrogens with one attached hydrogen (secondary N) is 3. The maximum atomic E-state index is 10.6. The summed E-state index contributed by atoms with van der Waals surface area (Å²) >= 11 is 0. The molecule has 9 nitrogen and oxygen atoms in total. The van der Waals surface area contributed by atoms with Gasteiger partial charge in [0.2, 0.25) is 0 Å². The molecule has 3 heterocycles. The number of halogens is 3. The van der Waals surface area contributed by atoms with Gasteiger partial charge in [-0.05, 0) is 33.9 Å². The number of fused-ring (bicyclic) bond motifs is 1. The van der Waals surface area contributed by atoms with Gasteiger partial charge in [-0.25, -0.2) is 19.7 Å². The predicted molar refractivity (Wildman–Crippen MR) is 195 cm³/mol. The fraction of sp³-hybridized carbons (Fsp3) is 0.200. The second kappa shape index (κ2) is 18.3. The number of H-pyrrole nitrogens is 3. The van der Waals surface area contributed by atoms with E-state index in [1.54, 1.807) is 25.2 Å². The summed E-state index contributed by atoms with van der Waals surface area (Å²) in [4.78, 5) is 30.2. The first-order chi connectivity index (χ1) is 24.9. The van der Waals surface area contributed by atoms with E-state index in [2.05, 4.69) is 117 Å². The van der Waals surface area contributed by atoms with E-state index in [4.69, 9.17) is 9.90 Å². The van der Waals surface area contributed by atoms with Gasteiger partial charge in [-0.15, -0.1) is 0 Å². The zero-order valence-electron chi connectivity index (χ0n) is 28.9. The third-order valence-corrected chi connectivity index (χ3v) is 8.34. The van der Waals surface area contributed by atoms with Gasteiger partial charge < -0.3 is 25.2 Å². The number of hydrogen-bond donors (Lipinski definition) is 5. The maximum absolute atomic E-state index is 10.6. The van der Waals surface area contributed by atoms with Crippen molar-refractivity contribution in [3.63, 3.8) is 0 Å². The minimum absolute atomic E-state index is 0.00222. The number of aliphatic hydroxyl groups excluding tert-OH is 1. The topological polar surface area (TPSA) is 144 Å². The number of aromatic nitrogens is 6. The van der Waals surface area contributed by atoms with E-state index in [1.165, 1.54) is 27.6 Å². The van der Waals surface area contributed by atoms with Gasteiger partial charge in [-0.2, -0.15) is 13.2 Å². The Morgan fingerprint density at radius 3 is 1.77 bits per heavy atom. The van der Waals surface area contributed by atoms with Crippen LogP contribution >= 0.6 is 0 Å². The second-order valence-electron chi connectivity index (χ2n) is 12.1. The first-order valence-electron chi connectivity index (χ1n) is 16.4. The number of hydrogen-bond acceptors (Lipinski definition) is 5. The monoisotopic (exact) mass is 710 g/mol. The number of carboxylic acid groups (broad SMARTS) is 1. The SMILES string of the molecule is CC(C)(c1ccccc1)c1cnc[nH]1.CCC(c1cnc[nH]1)c1cccc2ccccc12.O=C(O)C(F)(F)F.OC(c1ccccc1)c1cnc[nH]1. The van der Waals surface area contributed by atoms with E-state index in [-0.39, 0.29) is 5.41 Å². The Morgan fingerprint density at radius 1 is 0.712 bits per heavy atom. The van der Waals surface area contributed by atoms with Crippen molar-refractivity contribution in [2.24, 2.45) is 0 Å². The lowest BCUT2D eigenvalue weighted by atomic mass is 9.82. The minimum atomic E-state index is -5.08. The molecule has 12 heteroatoms. The molecule has 0 aliphatic carbocycles. The molecule has 0 saturated carbocycles. The number of rotatable bonds is 7. The van der Waals surface area contributed by atoms with Crippen molar-refractivity contribution in [3.8, 4) is 0 Å². The first kappa shape index (κ1) is 38.8. The van der Waals surface area contributed by atoms with Crippen LogP contribution < -0.4 is 0 Å². The van der Waals surface area contributed by atoms with Crippen molar-refractivity contribution in [2.75, 3.05) is 0 Å². The number of aliphatic carboxylic acids is 1. The lowest BCUT2D eigenvalue weighted by Gasteiger charge is -2.23. The maximum Gasteiger partial charge on any atom is 0.490 e. The van der Waals surface area contributed by atoms with E-state index in [1.807, 2.05) is 48.8 Å². The van der Waals surface area contributed by atoms with Crippen LogP contribution in [0.15, 0.2) is 141 Å². The van der Waals surface area contributed by atoms with Gasteiger partial charge in [0.05, 0.1) is 30.9 Å². The average molecular weight is 711 g/mol.